The number of rotatable bonds is 8. The van der Waals surface area contributed by atoms with Gasteiger partial charge in [-0.15, -0.1) is 0 Å². The molecule has 0 saturated carbocycles. The third kappa shape index (κ3) is 5.88. The van der Waals surface area contributed by atoms with Gasteiger partial charge in [-0.2, -0.15) is 0 Å². The van der Waals surface area contributed by atoms with Crippen LogP contribution in [0.25, 0.3) is 5.65 Å². The SMILES string of the molecule is Cc1ccc2nc(COc3ccc(C(=O)NC(CN4CCOCC4)c4ccccc4)cc3)cn2c1. The van der Waals surface area contributed by atoms with E-state index in [1.807, 2.05) is 59.3 Å². The van der Waals surface area contributed by atoms with Gasteiger partial charge in [-0.25, -0.2) is 4.98 Å². The highest BCUT2D eigenvalue weighted by atomic mass is 16.5. The molecule has 1 amide bonds. The number of nitrogens with zero attached hydrogens (tertiary/aromatic N) is 3. The van der Waals surface area contributed by atoms with Crippen LogP contribution in [0.4, 0.5) is 0 Å². The number of aromatic nitrogens is 2. The molecule has 1 fully saturated rings. The minimum Gasteiger partial charge on any atom is -0.487 e. The zero-order valence-electron chi connectivity index (χ0n) is 19.9. The van der Waals surface area contributed by atoms with Crippen LogP contribution >= 0.6 is 0 Å². The Labute approximate surface area is 205 Å². The van der Waals surface area contributed by atoms with E-state index < -0.39 is 0 Å². The molecule has 2 aromatic carbocycles. The van der Waals surface area contributed by atoms with Crippen molar-refractivity contribution in [1.29, 1.82) is 0 Å². The Morgan fingerprint density at radius 2 is 1.80 bits per heavy atom. The van der Waals surface area contributed by atoms with E-state index in [4.69, 9.17) is 9.47 Å². The molecule has 7 nitrogen and oxygen atoms in total. The number of hydrogen-bond donors (Lipinski definition) is 1. The number of carbonyl (C=O) groups is 1. The number of hydrogen-bond acceptors (Lipinski definition) is 5. The lowest BCUT2D eigenvalue weighted by atomic mass is 10.1. The monoisotopic (exact) mass is 470 g/mol. The first-order valence-corrected chi connectivity index (χ1v) is 12.0. The Kier molecular flexibility index (Phi) is 7.07. The van der Waals surface area contributed by atoms with Crippen molar-refractivity contribution in [2.75, 3.05) is 32.8 Å². The summed E-state index contributed by atoms with van der Waals surface area (Å²) in [5.41, 5.74) is 4.62. The van der Waals surface area contributed by atoms with Crippen LogP contribution in [0.2, 0.25) is 0 Å². The summed E-state index contributed by atoms with van der Waals surface area (Å²) in [4.78, 5) is 20.0. The predicted octanol–water partition coefficient (Wildman–Crippen LogP) is 4.03. The summed E-state index contributed by atoms with van der Waals surface area (Å²) in [7, 11) is 0. The molecule has 4 aromatic rings. The number of pyridine rings is 1. The smallest absolute Gasteiger partial charge is 0.251 e. The molecule has 1 unspecified atom stereocenters. The van der Waals surface area contributed by atoms with Gasteiger partial charge < -0.3 is 19.2 Å². The summed E-state index contributed by atoms with van der Waals surface area (Å²) >= 11 is 0. The van der Waals surface area contributed by atoms with Crippen molar-refractivity contribution < 1.29 is 14.3 Å². The molecule has 0 bridgehead atoms. The molecule has 1 atom stereocenters. The lowest BCUT2D eigenvalue weighted by Crippen LogP contribution is -2.43. The zero-order chi connectivity index (χ0) is 24.0. The third-order valence-corrected chi connectivity index (χ3v) is 6.20. The average Bonchev–Trinajstić information content (AvgIpc) is 3.30. The van der Waals surface area contributed by atoms with Crippen molar-refractivity contribution in [2.45, 2.75) is 19.6 Å². The second kappa shape index (κ2) is 10.7. The molecule has 35 heavy (non-hydrogen) atoms. The van der Waals surface area contributed by atoms with Crippen molar-refractivity contribution in [2.24, 2.45) is 0 Å². The summed E-state index contributed by atoms with van der Waals surface area (Å²) in [6.45, 7) is 6.37. The molecular formula is C28H30N4O3. The summed E-state index contributed by atoms with van der Waals surface area (Å²) in [6.07, 6.45) is 4.02. The number of aryl methyl sites for hydroxylation is 1. The van der Waals surface area contributed by atoms with E-state index in [2.05, 4.69) is 34.3 Å². The number of benzene rings is 2. The van der Waals surface area contributed by atoms with Crippen molar-refractivity contribution in [3.05, 3.63) is 102 Å². The minimum atomic E-state index is -0.102. The molecule has 0 aliphatic carbocycles. The van der Waals surface area contributed by atoms with E-state index in [-0.39, 0.29) is 11.9 Å². The molecule has 1 saturated heterocycles. The molecule has 0 spiro atoms. The van der Waals surface area contributed by atoms with Gasteiger partial charge in [0, 0.05) is 37.6 Å². The van der Waals surface area contributed by atoms with Crippen LogP contribution in [0.5, 0.6) is 5.75 Å². The molecule has 5 rings (SSSR count). The van der Waals surface area contributed by atoms with Gasteiger partial charge in [-0.1, -0.05) is 36.4 Å². The quantitative estimate of drug-likeness (QED) is 0.421. The van der Waals surface area contributed by atoms with Crippen LogP contribution in [-0.4, -0.2) is 53.0 Å². The highest BCUT2D eigenvalue weighted by molar-refractivity contribution is 5.94. The van der Waals surface area contributed by atoms with Crippen molar-refractivity contribution in [3.63, 3.8) is 0 Å². The van der Waals surface area contributed by atoms with Crippen LogP contribution in [0.3, 0.4) is 0 Å². The van der Waals surface area contributed by atoms with Crippen molar-refractivity contribution in [3.8, 4) is 5.75 Å². The van der Waals surface area contributed by atoms with Crippen LogP contribution in [0.15, 0.2) is 79.1 Å². The third-order valence-electron chi connectivity index (χ3n) is 6.20. The van der Waals surface area contributed by atoms with Crippen LogP contribution in [0, 0.1) is 6.92 Å². The van der Waals surface area contributed by atoms with Crippen molar-refractivity contribution >= 4 is 11.6 Å². The maximum Gasteiger partial charge on any atom is 0.251 e. The summed E-state index contributed by atoms with van der Waals surface area (Å²) < 4.78 is 13.4. The number of fused-ring (bicyclic) bond motifs is 1. The van der Waals surface area contributed by atoms with Crippen LogP contribution < -0.4 is 10.1 Å². The Bertz CT molecular complexity index is 1260. The lowest BCUT2D eigenvalue weighted by molar-refractivity contribution is 0.0332. The maximum absolute atomic E-state index is 13.1. The average molecular weight is 471 g/mol. The number of ether oxygens (including phenoxy) is 2. The normalized spacial score (nSPS) is 15.1. The number of imidazole rings is 1. The fourth-order valence-electron chi connectivity index (χ4n) is 4.29. The van der Waals surface area contributed by atoms with Gasteiger partial charge in [0.2, 0.25) is 0 Å². The first kappa shape index (κ1) is 23.1. The second-order valence-electron chi connectivity index (χ2n) is 8.87. The fraction of sp³-hybridized carbons (Fsp3) is 0.286. The van der Waals surface area contributed by atoms with E-state index in [0.717, 1.165) is 49.8 Å². The van der Waals surface area contributed by atoms with Gasteiger partial charge in [0.1, 0.15) is 18.0 Å². The number of morpholine rings is 1. The first-order chi connectivity index (χ1) is 17.1. The zero-order valence-corrected chi connectivity index (χ0v) is 19.9. The Morgan fingerprint density at radius 3 is 2.57 bits per heavy atom. The van der Waals surface area contributed by atoms with Gasteiger partial charge in [0.25, 0.3) is 5.91 Å². The van der Waals surface area contributed by atoms with Gasteiger partial charge >= 0.3 is 0 Å². The summed E-state index contributed by atoms with van der Waals surface area (Å²) in [6, 6.07) is 21.3. The molecule has 7 heteroatoms. The van der Waals surface area contributed by atoms with E-state index in [1.54, 1.807) is 12.1 Å². The van der Waals surface area contributed by atoms with Crippen molar-refractivity contribution in [1.82, 2.24) is 19.6 Å². The highest BCUT2D eigenvalue weighted by Gasteiger charge is 2.20. The number of amides is 1. The number of carbonyl (C=O) groups excluding carboxylic acids is 1. The maximum atomic E-state index is 13.1. The van der Waals surface area contributed by atoms with Gasteiger partial charge in [-0.05, 0) is 48.4 Å². The van der Waals surface area contributed by atoms with Crippen LogP contribution in [0.1, 0.15) is 33.2 Å². The topological polar surface area (TPSA) is 68.1 Å². The van der Waals surface area contributed by atoms with Gasteiger partial charge in [0.05, 0.1) is 24.9 Å². The largest absolute Gasteiger partial charge is 0.487 e. The molecule has 1 N–H and O–H groups in total. The lowest BCUT2D eigenvalue weighted by Gasteiger charge is -2.31. The Hall–Kier alpha value is -3.68. The predicted molar refractivity (Wildman–Crippen MR) is 135 cm³/mol. The van der Waals surface area contributed by atoms with E-state index in [0.29, 0.717) is 17.9 Å². The molecular weight excluding hydrogens is 440 g/mol. The van der Waals surface area contributed by atoms with Crippen LogP contribution in [-0.2, 0) is 11.3 Å². The highest BCUT2D eigenvalue weighted by Crippen LogP contribution is 2.18. The molecule has 0 radical (unpaired) electrons. The minimum absolute atomic E-state index is 0.101. The molecule has 2 aromatic heterocycles. The molecule has 3 heterocycles. The van der Waals surface area contributed by atoms with E-state index in [1.165, 1.54) is 5.56 Å². The Morgan fingerprint density at radius 1 is 1.03 bits per heavy atom. The summed E-state index contributed by atoms with van der Waals surface area (Å²) in [5, 5.41) is 3.22. The fourth-order valence-corrected chi connectivity index (χ4v) is 4.29. The number of nitrogens with one attached hydrogen (secondary N) is 1. The molecule has 180 valence electrons. The van der Waals surface area contributed by atoms with Gasteiger partial charge in [-0.3, -0.25) is 9.69 Å². The van der Waals surface area contributed by atoms with E-state index in [9.17, 15) is 4.79 Å². The second-order valence-corrected chi connectivity index (χ2v) is 8.87. The molecule has 1 aliphatic rings. The summed E-state index contributed by atoms with van der Waals surface area (Å²) in [5.74, 6) is 0.595. The molecule has 1 aliphatic heterocycles. The van der Waals surface area contributed by atoms with E-state index >= 15 is 0 Å². The Balaban J connectivity index is 1.21. The van der Waals surface area contributed by atoms with Gasteiger partial charge in [0.15, 0.2) is 0 Å². The first-order valence-electron chi connectivity index (χ1n) is 12.0. The standard InChI is InChI=1S/C28H30N4O3/c1-21-7-12-27-29-24(18-32(27)17-21)20-35-25-10-8-23(9-11-25)28(33)30-26(22-5-3-2-4-6-22)19-31-13-15-34-16-14-31/h2-12,17-18,26H,13-16,19-20H2,1H3,(H,30,33).